The van der Waals surface area contributed by atoms with Gasteiger partial charge in [-0.1, -0.05) is 46.4 Å². The summed E-state index contributed by atoms with van der Waals surface area (Å²) in [6.45, 7) is 0. The molecule has 116 valence electrons. The first kappa shape index (κ1) is 16.4. The third kappa shape index (κ3) is 3.56. The van der Waals surface area contributed by atoms with Crippen LogP contribution in [-0.2, 0) is 0 Å². The van der Waals surface area contributed by atoms with Crippen molar-refractivity contribution in [2.75, 3.05) is 5.73 Å². The fourth-order valence-electron chi connectivity index (χ4n) is 2.22. The lowest BCUT2D eigenvalue weighted by molar-refractivity contribution is 1.32. The molecule has 2 aromatic carbocycles. The molecule has 0 saturated carbocycles. The fraction of sp³-hybridized carbons (Fsp3) is 0. The topological polar surface area (TPSA) is 38.9 Å². The van der Waals surface area contributed by atoms with Crippen molar-refractivity contribution in [2.45, 2.75) is 0 Å². The Balaban J connectivity index is 2.16. The number of benzene rings is 2. The van der Waals surface area contributed by atoms with Crippen LogP contribution in [0.4, 0.5) is 5.69 Å². The number of aromatic nitrogens is 1. The van der Waals surface area contributed by atoms with Crippen LogP contribution in [-0.4, -0.2) is 4.98 Å². The minimum absolute atomic E-state index is 0.503. The lowest BCUT2D eigenvalue weighted by atomic mass is 10.1. The third-order valence-electron chi connectivity index (χ3n) is 3.26. The molecule has 0 aliphatic heterocycles. The molecule has 0 fully saturated rings. The highest BCUT2D eigenvalue weighted by molar-refractivity contribution is 6.37. The van der Waals surface area contributed by atoms with Gasteiger partial charge in [0.05, 0.1) is 21.4 Å². The molecular formula is C17H10Cl4N2. The molecule has 0 saturated heterocycles. The lowest BCUT2D eigenvalue weighted by Crippen LogP contribution is -1.94. The largest absolute Gasteiger partial charge is 0.399 e. The summed E-state index contributed by atoms with van der Waals surface area (Å²) >= 11 is 24.4. The molecule has 2 N–H and O–H groups in total. The van der Waals surface area contributed by atoms with E-state index in [-0.39, 0.29) is 0 Å². The number of anilines is 1. The van der Waals surface area contributed by atoms with Crippen molar-refractivity contribution in [3.63, 3.8) is 0 Å². The number of halogens is 4. The van der Waals surface area contributed by atoms with Crippen LogP contribution in [0.1, 0.15) is 0 Å². The molecule has 23 heavy (non-hydrogen) atoms. The quantitative estimate of drug-likeness (QED) is 0.540. The summed E-state index contributed by atoms with van der Waals surface area (Å²) in [6.07, 6.45) is 0. The van der Waals surface area contributed by atoms with E-state index < -0.39 is 0 Å². The lowest BCUT2D eigenvalue weighted by Gasteiger charge is -2.10. The average Bonchev–Trinajstić information content (AvgIpc) is 2.46. The monoisotopic (exact) mass is 382 g/mol. The van der Waals surface area contributed by atoms with Gasteiger partial charge in [0.1, 0.15) is 0 Å². The maximum absolute atomic E-state index is 6.26. The molecule has 0 bridgehead atoms. The molecule has 0 atom stereocenters. The van der Waals surface area contributed by atoms with Gasteiger partial charge < -0.3 is 5.73 Å². The van der Waals surface area contributed by atoms with E-state index in [9.17, 15) is 0 Å². The second kappa shape index (κ2) is 6.58. The van der Waals surface area contributed by atoms with Gasteiger partial charge in [0.15, 0.2) is 0 Å². The smallest absolute Gasteiger partial charge is 0.0745 e. The third-order valence-corrected chi connectivity index (χ3v) is 4.36. The predicted molar refractivity (Wildman–Crippen MR) is 99.6 cm³/mol. The Labute approximate surface area is 153 Å². The van der Waals surface area contributed by atoms with Crippen LogP contribution in [0, 0.1) is 0 Å². The van der Waals surface area contributed by atoms with Crippen molar-refractivity contribution in [2.24, 2.45) is 0 Å². The summed E-state index contributed by atoms with van der Waals surface area (Å²) in [6, 6.07) is 14.0. The van der Waals surface area contributed by atoms with Gasteiger partial charge in [-0.05, 0) is 48.5 Å². The van der Waals surface area contributed by atoms with Crippen molar-refractivity contribution in [1.29, 1.82) is 0 Å². The Morgan fingerprint density at radius 1 is 0.652 bits per heavy atom. The molecule has 1 heterocycles. The van der Waals surface area contributed by atoms with E-state index in [0.29, 0.717) is 37.2 Å². The van der Waals surface area contributed by atoms with Gasteiger partial charge in [-0.15, -0.1) is 0 Å². The normalized spacial score (nSPS) is 10.8. The van der Waals surface area contributed by atoms with Crippen molar-refractivity contribution >= 4 is 52.1 Å². The average molecular weight is 384 g/mol. The van der Waals surface area contributed by atoms with Crippen molar-refractivity contribution < 1.29 is 0 Å². The zero-order valence-electron chi connectivity index (χ0n) is 11.7. The number of nitrogens with zero attached hydrogens (tertiary/aromatic N) is 1. The summed E-state index contributed by atoms with van der Waals surface area (Å²) < 4.78 is 0. The maximum Gasteiger partial charge on any atom is 0.0745 e. The van der Waals surface area contributed by atoms with Crippen LogP contribution in [0.15, 0.2) is 48.5 Å². The summed E-state index contributed by atoms with van der Waals surface area (Å²) in [5.41, 5.74) is 9.36. The second-order valence-corrected chi connectivity index (χ2v) is 6.61. The predicted octanol–water partition coefficient (Wildman–Crippen LogP) is 6.61. The van der Waals surface area contributed by atoms with E-state index in [1.165, 1.54) is 0 Å². The maximum atomic E-state index is 6.26. The molecule has 0 amide bonds. The molecule has 3 rings (SSSR count). The van der Waals surface area contributed by atoms with Gasteiger partial charge in [-0.2, -0.15) is 0 Å². The Bertz CT molecular complexity index is 824. The van der Waals surface area contributed by atoms with Gasteiger partial charge in [-0.25, -0.2) is 4.98 Å². The van der Waals surface area contributed by atoms with Crippen molar-refractivity contribution in [3.8, 4) is 22.5 Å². The first-order valence-electron chi connectivity index (χ1n) is 6.62. The molecule has 0 unspecified atom stereocenters. The summed E-state index contributed by atoms with van der Waals surface area (Å²) in [5, 5.41) is 2.12. The minimum atomic E-state index is 0.503. The number of rotatable bonds is 2. The molecular weight excluding hydrogens is 374 g/mol. The van der Waals surface area contributed by atoms with E-state index in [2.05, 4.69) is 4.98 Å². The molecule has 0 spiro atoms. The Morgan fingerprint density at radius 2 is 1.09 bits per heavy atom. The molecule has 3 aromatic rings. The van der Waals surface area contributed by atoms with Crippen LogP contribution in [0.3, 0.4) is 0 Å². The zero-order valence-corrected chi connectivity index (χ0v) is 14.7. The number of hydrogen-bond donors (Lipinski definition) is 1. The SMILES string of the molecule is Nc1cc(-c2ccc(Cl)cc2Cl)nc(-c2ccc(Cl)cc2Cl)c1. The van der Waals surface area contributed by atoms with Crippen molar-refractivity contribution in [1.82, 2.24) is 4.98 Å². The van der Waals surface area contributed by atoms with Crippen LogP contribution >= 0.6 is 46.4 Å². The van der Waals surface area contributed by atoms with Gasteiger partial charge in [0.2, 0.25) is 0 Å². The van der Waals surface area contributed by atoms with Crippen LogP contribution in [0.25, 0.3) is 22.5 Å². The van der Waals surface area contributed by atoms with Crippen molar-refractivity contribution in [3.05, 3.63) is 68.6 Å². The first-order chi connectivity index (χ1) is 10.9. The molecule has 2 nitrogen and oxygen atoms in total. The molecule has 0 aliphatic carbocycles. The van der Waals surface area contributed by atoms with Gasteiger partial charge >= 0.3 is 0 Å². The summed E-state index contributed by atoms with van der Waals surface area (Å²) in [7, 11) is 0. The first-order valence-corrected chi connectivity index (χ1v) is 8.13. The second-order valence-electron chi connectivity index (χ2n) is 4.92. The fourth-order valence-corrected chi connectivity index (χ4v) is 3.23. The number of nitrogen functional groups attached to an aromatic ring is 1. The van der Waals surface area contributed by atoms with E-state index in [1.54, 1.807) is 48.5 Å². The standard InChI is InChI=1S/C17H10Cl4N2/c18-9-1-3-12(14(20)5-9)16-7-11(22)8-17(23-16)13-4-2-10(19)6-15(13)21/h1-8H,(H2,22,23). The van der Waals surface area contributed by atoms with Crippen LogP contribution in [0.5, 0.6) is 0 Å². The highest BCUT2D eigenvalue weighted by Crippen LogP contribution is 2.34. The summed E-state index contributed by atoms with van der Waals surface area (Å²) in [5.74, 6) is 0. The Hall–Kier alpha value is -1.45. The molecule has 0 aliphatic rings. The zero-order chi connectivity index (χ0) is 16.6. The molecule has 6 heteroatoms. The van der Waals surface area contributed by atoms with Crippen LogP contribution in [0.2, 0.25) is 20.1 Å². The Kier molecular flexibility index (Phi) is 4.69. The number of nitrogens with two attached hydrogens (primary N) is 1. The highest BCUT2D eigenvalue weighted by atomic mass is 35.5. The van der Waals surface area contributed by atoms with Gasteiger partial charge in [0, 0.05) is 26.9 Å². The van der Waals surface area contributed by atoms with Gasteiger partial charge in [-0.3, -0.25) is 0 Å². The van der Waals surface area contributed by atoms with E-state index in [1.807, 2.05) is 0 Å². The van der Waals surface area contributed by atoms with E-state index in [4.69, 9.17) is 52.1 Å². The molecule has 1 aromatic heterocycles. The van der Waals surface area contributed by atoms with E-state index >= 15 is 0 Å². The molecule has 0 radical (unpaired) electrons. The highest BCUT2D eigenvalue weighted by Gasteiger charge is 2.11. The van der Waals surface area contributed by atoms with E-state index in [0.717, 1.165) is 11.1 Å². The number of pyridine rings is 1. The Morgan fingerprint density at radius 3 is 1.48 bits per heavy atom. The summed E-state index contributed by atoms with van der Waals surface area (Å²) in [4.78, 5) is 4.62. The number of hydrogen-bond acceptors (Lipinski definition) is 2. The van der Waals surface area contributed by atoms with Crippen LogP contribution < -0.4 is 5.73 Å². The van der Waals surface area contributed by atoms with Gasteiger partial charge in [0.25, 0.3) is 0 Å². The minimum Gasteiger partial charge on any atom is -0.399 e.